The third-order valence-corrected chi connectivity index (χ3v) is 5.05. The summed E-state index contributed by atoms with van der Waals surface area (Å²) in [5, 5.41) is 28.1. The Balaban J connectivity index is 2.07. The number of benzene rings is 1. The van der Waals surface area contributed by atoms with Gasteiger partial charge in [-0.1, -0.05) is 24.3 Å². The van der Waals surface area contributed by atoms with Crippen LogP contribution in [0.2, 0.25) is 0 Å². The molecule has 0 saturated carbocycles. The van der Waals surface area contributed by atoms with Gasteiger partial charge >= 0.3 is 0 Å². The summed E-state index contributed by atoms with van der Waals surface area (Å²) in [4.78, 5) is 6.36. The van der Waals surface area contributed by atoms with Crippen molar-refractivity contribution in [2.75, 3.05) is 6.54 Å². The third kappa shape index (κ3) is 3.89. The number of aromatic nitrogens is 1. The smallest absolute Gasteiger partial charge is 0.206 e. The summed E-state index contributed by atoms with van der Waals surface area (Å²) in [6, 6.07) is 8.77. The molecule has 3 rings (SSSR count). The largest absolute Gasteiger partial charge is 0.504 e. The van der Waals surface area contributed by atoms with Crippen molar-refractivity contribution < 1.29 is 10.2 Å². The Labute approximate surface area is 153 Å². The topological polar surface area (TPSA) is 70.1 Å². The van der Waals surface area contributed by atoms with Crippen molar-refractivity contribution in [1.82, 2.24) is 4.68 Å². The monoisotopic (exact) mass is 371 g/mol. The van der Waals surface area contributed by atoms with E-state index < -0.39 is 0 Å². The summed E-state index contributed by atoms with van der Waals surface area (Å²) < 4.78 is 1.74. The summed E-state index contributed by atoms with van der Waals surface area (Å²) in [6.07, 6.45) is 1.51. The summed E-state index contributed by atoms with van der Waals surface area (Å²) in [7, 11) is 0. The van der Waals surface area contributed by atoms with Crippen molar-refractivity contribution in [3.63, 3.8) is 0 Å². The van der Waals surface area contributed by atoms with E-state index in [1.165, 1.54) is 23.6 Å². The lowest BCUT2D eigenvalue weighted by atomic mass is 10.2. The molecule has 0 aliphatic rings. The quantitative estimate of drug-likeness (QED) is 0.403. The second kappa shape index (κ2) is 7.50. The predicted octanol–water partition coefficient (Wildman–Crippen LogP) is 4.05. The van der Waals surface area contributed by atoms with Crippen LogP contribution in [-0.2, 0) is 0 Å². The van der Waals surface area contributed by atoms with E-state index in [0.717, 1.165) is 20.9 Å². The Morgan fingerprint density at radius 1 is 1.24 bits per heavy atom. The molecule has 128 valence electrons. The van der Waals surface area contributed by atoms with E-state index in [0.29, 0.717) is 12.1 Å². The molecular formula is C18H17N3O2S2. The van der Waals surface area contributed by atoms with E-state index in [-0.39, 0.29) is 11.5 Å². The van der Waals surface area contributed by atoms with Gasteiger partial charge in [0, 0.05) is 10.9 Å². The molecule has 2 N–H and O–H groups in total. The van der Waals surface area contributed by atoms with Gasteiger partial charge in [0.25, 0.3) is 0 Å². The average Bonchev–Trinajstić information content (AvgIpc) is 3.23. The highest BCUT2D eigenvalue weighted by Gasteiger charge is 2.09. The lowest BCUT2D eigenvalue weighted by Gasteiger charge is -2.03. The molecule has 0 amide bonds. The van der Waals surface area contributed by atoms with Crippen molar-refractivity contribution in [1.29, 1.82) is 0 Å². The first-order valence-corrected chi connectivity index (χ1v) is 9.27. The Hall–Kier alpha value is -2.64. The number of aromatic hydroxyl groups is 2. The van der Waals surface area contributed by atoms with Gasteiger partial charge in [0.1, 0.15) is 0 Å². The minimum atomic E-state index is -0.194. The van der Waals surface area contributed by atoms with Gasteiger partial charge < -0.3 is 10.2 Å². The fraction of sp³-hybridized carbons (Fsp3) is 0.111. The number of para-hydroxylation sites is 1. The van der Waals surface area contributed by atoms with Crippen LogP contribution in [0.15, 0.2) is 63.3 Å². The number of nitrogens with zero attached hydrogens (tertiary/aromatic N) is 3. The number of hydrogen-bond donors (Lipinski definition) is 2. The highest BCUT2D eigenvalue weighted by Crippen LogP contribution is 2.28. The van der Waals surface area contributed by atoms with Crippen LogP contribution in [0.25, 0.3) is 10.6 Å². The maximum Gasteiger partial charge on any atom is 0.206 e. The molecule has 5 nitrogen and oxygen atoms in total. The highest BCUT2D eigenvalue weighted by atomic mass is 32.1. The molecule has 0 spiro atoms. The number of rotatable bonds is 5. The molecule has 0 saturated heterocycles. The van der Waals surface area contributed by atoms with Crippen LogP contribution in [0.3, 0.4) is 0 Å². The normalized spacial score (nSPS) is 12.1. The minimum absolute atomic E-state index is 0.176. The van der Waals surface area contributed by atoms with Gasteiger partial charge in [0.15, 0.2) is 11.5 Å². The van der Waals surface area contributed by atoms with E-state index in [1.54, 1.807) is 28.1 Å². The van der Waals surface area contributed by atoms with Crippen LogP contribution in [-0.4, -0.2) is 27.6 Å². The second-order valence-electron chi connectivity index (χ2n) is 5.43. The van der Waals surface area contributed by atoms with Crippen LogP contribution >= 0.6 is 22.7 Å². The van der Waals surface area contributed by atoms with Crippen LogP contribution in [0, 0.1) is 0 Å². The summed E-state index contributed by atoms with van der Waals surface area (Å²) in [6.45, 7) is 6.33. The average molecular weight is 371 g/mol. The fourth-order valence-corrected chi connectivity index (χ4v) is 3.72. The van der Waals surface area contributed by atoms with Crippen LogP contribution < -0.4 is 4.80 Å². The Kier molecular flexibility index (Phi) is 5.16. The molecule has 2 aromatic heterocycles. The van der Waals surface area contributed by atoms with E-state index in [4.69, 9.17) is 0 Å². The maximum atomic E-state index is 9.94. The van der Waals surface area contributed by atoms with Crippen LogP contribution in [0.5, 0.6) is 11.5 Å². The molecule has 1 aromatic carbocycles. The Morgan fingerprint density at radius 2 is 2.08 bits per heavy atom. The first kappa shape index (κ1) is 17.2. The summed E-state index contributed by atoms with van der Waals surface area (Å²) in [5.41, 5.74) is 2.32. The Morgan fingerprint density at radius 3 is 2.80 bits per heavy atom. The SMILES string of the molecule is C=C(C)CN=c1scc(-c2cccs2)n1N=Cc1cccc(O)c1O. The van der Waals surface area contributed by atoms with Gasteiger partial charge in [0.05, 0.1) is 23.3 Å². The highest BCUT2D eigenvalue weighted by molar-refractivity contribution is 7.14. The third-order valence-electron chi connectivity index (χ3n) is 3.30. The van der Waals surface area contributed by atoms with Crippen molar-refractivity contribution in [3.8, 4) is 22.1 Å². The molecular weight excluding hydrogens is 354 g/mol. The van der Waals surface area contributed by atoms with Crippen LogP contribution in [0.4, 0.5) is 0 Å². The summed E-state index contributed by atoms with van der Waals surface area (Å²) in [5.74, 6) is -0.370. The predicted molar refractivity (Wildman–Crippen MR) is 104 cm³/mol. The molecule has 0 fully saturated rings. The standard InChI is InChI=1S/C18H17N3O2S2/c1-12(2)9-19-18-21(14(11-25-18)16-7-4-8-24-16)20-10-13-5-3-6-15(22)17(13)23/h3-8,10-11,22-23H,1,9H2,2H3. The van der Waals surface area contributed by atoms with Gasteiger partial charge in [-0.15, -0.1) is 22.7 Å². The first-order chi connectivity index (χ1) is 12.1. The Bertz CT molecular complexity index is 982. The number of phenolic OH excluding ortho intramolecular Hbond substituents is 2. The van der Waals surface area contributed by atoms with Gasteiger partial charge in [0.2, 0.25) is 4.80 Å². The van der Waals surface area contributed by atoms with Gasteiger partial charge in [-0.2, -0.15) is 5.10 Å². The number of hydrogen-bond acceptors (Lipinski definition) is 6. The second-order valence-corrected chi connectivity index (χ2v) is 7.21. The lowest BCUT2D eigenvalue weighted by molar-refractivity contribution is 0.403. The lowest BCUT2D eigenvalue weighted by Crippen LogP contribution is -2.12. The molecule has 3 aromatic rings. The van der Waals surface area contributed by atoms with E-state index in [9.17, 15) is 10.2 Å². The molecule has 0 aliphatic carbocycles. The molecule has 2 heterocycles. The molecule has 0 radical (unpaired) electrons. The van der Waals surface area contributed by atoms with Crippen LogP contribution in [0.1, 0.15) is 12.5 Å². The van der Waals surface area contributed by atoms with Gasteiger partial charge in [-0.25, -0.2) is 4.68 Å². The maximum absolute atomic E-state index is 9.94. The van der Waals surface area contributed by atoms with Gasteiger partial charge in [-0.05, 0) is 30.5 Å². The molecule has 0 atom stereocenters. The van der Waals surface area contributed by atoms with E-state index in [1.807, 2.05) is 29.8 Å². The first-order valence-electron chi connectivity index (χ1n) is 7.51. The van der Waals surface area contributed by atoms with E-state index >= 15 is 0 Å². The number of phenols is 2. The van der Waals surface area contributed by atoms with Crippen molar-refractivity contribution >= 4 is 28.9 Å². The zero-order valence-electron chi connectivity index (χ0n) is 13.6. The summed E-state index contributed by atoms with van der Waals surface area (Å²) >= 11 is 3.11. The van der Waals surface area contributed by atoms with Crippen molar-refractivity contribution in [2.24, 2.45) is 10.1 Å². The molecule has 0 unspecified atom stereocenters. The number of thiazole rings is 1. The van der Waals surface area contributed by atoms with E-state index in [2.05, 4.69) is 16.7 Å². The minimum Gasteiger partial charge on any atom is -0.504 e. The van der Waals surface area contributed by atoms with Gasteiger partial charge in [-0.3, -0.25) is 4.99 Å². The zero-order valence-corrected chi connectivity index (χ0v) is 15.2. The fourth-order valence-electron chi connectivity index (χ4n) is 2.09. The molecule has 25 heavy (non-hydrogen) atoms. The van der Waals surface area contributed by atoms with Crippen molar-refractivity contribution in [3.05, 3.63) is 63.6 Å². The number of thiophene rings is 1. The zero-order chi connectivity index (χ0) is 17.8. The van der Waals surface area contributed by atoms with Crippen molar-refractivity contribution in [2.45, 2.75) is 6.92 Å². The molecule has 7 heteroatoms. The molecule has 0 aliphatic heterocycles. The molecule has 0 bridgehead atoms.